The molecular weight excluding hydrogens is 194 g/mol. The standard InChI is InChI=1S/C11H9NO3/c1-15-11(14)9-5-6-12-10(8-9)4-2-3-7-13/h5-8H,3H2,1H3. The summed E-state index contributed by atoms with van der Waals surface area (Å²) in [5, 5.41) is 0. The number of hydrogen-bond acceptors (Lipinski definition) is 4. The number of carbonyl (C=O) groups is 2. The lowest BCUT2D eigenvalue weighted by molar-refractivity contribution is -0.107. The first-order valence-corrected chi connectivity index (χ1v) is 4.25. The van der Waals surface area contributed by atoms with Gasteiger partial charge < -0.3 is 9.53 Å². The lowest BCUT2D eigenvalue weighted by Gasteiger charge is -1.97. The van der Waals surface area contributed by atoms with E-state index in [4.69, 9.17) is 0 Å². The van der Waals surface area contributed by atoms with Crippen molar-refractivity contribution in [3.8, 4) is 11.8 Å². The maximum absolute atomic E-state index is 11.1. The smallest absolute Gasteiger partial charge is 0.338 e. The zero-order valence-corrected chi connectivity index (χ0v) is 8.19. The molecular formula is C11H9NO3. The van der Waals surface area contributed by atoms with Crippen molar-refractivity contribution in [3.05, 3.63) is 29.6 Å². The summed E-state index contributed by atoms with van der Waals surface area (Å²) in [6.45, 7) is 0. The van der Waals surface area contributed by atoms with Gasteiger partial charge in [-0.2, -0.15) is 0 Å². The van der Waals surface area contributed by atoms with Gasteiger partial charge in [0.1, 0.15) is 12.0 Å². The molecule has 0 spiro atoms. The molecule has 0 unspecified atom stereocenters. The molecule has 0 aliphatic rings. The van der Waals surface area contributed by atoms with Gasteiger partial charge in [-0.3, -0.25) is 0 Å². The predicted octanol–water partition coefficient (Wildman–Crippen LogP) is 0.809. The Hall–Kier alpha value is -2.15. The summed E-state index contributed by atoms with van der Waals surface area (Å²) in [5.41, 5.74) is 0.836. The molecule has 0 radical (unpaired) electrons. The fourth-order valence-corrected chi connectivity index (χ4v) is 0.927. The molecule has 4 nitrogen and oxygen atoms in total. The number of ether oxygens (including phenoxy) is 1. The summed E-state index contributed by atoms with van der Waals surface area (Å²) in [7, 11) is 1.31. The summed E-state index contributed by atoms with van der Waals surface area (Å²) in [4.78, 5) is 25.1. The molecule has 1 heterocycles. The SMILES string of the molecule is COC(=O)c1ccnc(C#CCC=O)c1. The number of nitrogens with zero attached hydrogens (tertiary/aromatic N) is 1. The Bertz CT molecular complexity index is 429. The zero-order chi connectivity index (χ0) is 11.1. The van der Waals surface area contributed by atoms with Gasteiger partial charge in [-0.25, -0.2) is 9.78 Å². The zero-order valence-electron chi connectivity index (χ0n) is 8.19. The third-order valence-electron chi connectivity index (χ3n) is 1.58. The monoisotopic (exact) mass is 203 g/mol. The first kappa shape index (κ1) is 10.9. The normalized spacial score (nSPS) is 8.60. The molecule has 1 aromatic rings. The highest BCUT2D eigenvalue weighted by molar-refractivity contribution is 5.89. The second-order valence-electron chi connectivity index (χ2n) is 2.59. The number of rotatable bonds is 2. The third kappa shape index (κ3) is 3.24. The number of aldehydes is 1. The van der Waals surface area contributed by atoms with Crippen LogP contribution in [0.3, 0.4) is 0 Å². The van der Waals surface area contributed by atoms with E-state index in [0.717, 1.165) is 0 Å². The molecule has 1 aromatic heterocycles. The topological polar surface area (TPSA) is 56.3 Å². The van der Waals surface area contributed by atoms with Crippen LogP contribution < -0.4 is 0 Å². The lowest BCUT2D eigenvalue weighted by Crippen LogP contribution is -2.01. The minimum absolute atomic E-state index is 0.157. The second kappa shape index (κ2) is 5.55. The van der Waals surface area contributed by atoms with E-state index in [1.165, 1.54) is 25.4 Å². The van der Waals surface area contributed by atoms with E-state index in [1.54, 1.807) is 0 Å². The Morgan fingerprint density at radius 1 is 1.67 bits per heavy atom. The third-order valence-corrected chi connectivity index (χ3v) is 1.58. The van der Waals surface area contributed by atoms with Gasteiger partial charge in [-0.1, -0.05) is 5.92 Å². The van der Waals surface area contributed by atoms with Crippen molar-refractivity contribution in [1.29, 1.82) is 0 Å². The molecule has 0 atom stereocenters. The van der Waals surface area contributed by atoms with Gasteiger partial charge in [0.05, 0.1) is 19.1 Å². The van der Waals surface area contributed by atoms with E-state index < -0.39 is 5.97 Å². The van der Waals surface area contributed by atoms with E-state index in [2.05, 4.69) is 21.6 Å². The fraction of sp³-hybridized carbons (Fsp3) is 0.182. The van der Waals surface area contributed by atoms with Crippen molar-refractivity contribution in [1.82, 2.24) is 4.98 Å². The second-order valence-corrected chi connectivity index (χ2v) is 2.59. The first-order valence-electron chi connectivity index (χ1n) is 4.25. The van der Waals surface area contributed by atoms with Crippen molar-refractivity contribution in [2.75, 3.05) is 7.11 Å². The Labute approximate surface area is 87.3 Å². The maximum atomic E-state index is 11.1. The van der Waals surface area contributed by atoms with Gasteiger partial charge in [-0.05, 0) is 18.1 Å². The molecule has 0 saturated heterocycles. The largest absolute Gasteiger partial charge is 0.465 e. The molecule has 0 N–H and O–H groups in total. The number of esters is 1. The van der Waals surface area contributed by atoms with Crippen molar-refractivity contribution in [3.63, 3.8) is 0 Å². The van der Waals surface area contributed by atoms with Crippen molar-refractivity contribution in [2.24, 2.45) is 0 Å². The molecule has 0 amide bonds. The molecule has 0 saturated carbocycles. The Morgan fingerprint density at radius 3 is 3.13 bits per heavy atom. The molecule has 76 valence electrons. The van der Waals surface area contributed by atoms with Crippen molar-refractivity contribution < 1.29 is 14.3 Å². The van der Waals surface area contributed by atoms with Crippen LogP contribution in [-0.4, -0.2) is 24.3 Å². The molecule has 0 aliphatic carbocycles. The average Bonchev–Trinajstić information content (AvgIpc) is 2.29. The molecule has 0 fully saturated rings. The van der Waals surface area contributed by atoms with Crippen LogP contribution in [0.15, 0.2) is 18.3 Å². The van der Waals surface area contributed by atoms with Crippen LogP contribution in [0.25, 0.3) is 0 Å². The number of carbonyl (C=O) groups excluding carboxylic acids is 2. The van der Waals surface area contributed by atoms with E-state index in [0.29, 0.717) is 17.5 Å². The van der Waals surface area contributed by atoms with E-state index in [9.17, 15) is 9.59 Å². The minimum Gasteiger partial charge on any atom is -0.465 e. The summed E-state index contributed by atoms with van der Waals surface area (Å²) < 4.78 is 4.55. The molecule has 0 aromatic carbocycles. The summed E-state index contributed by atoms with van der Waals surface area (Å²) in [6, 6.07) is 3.06. The van der Waals surface area contributed by atoms with Gasteiger partial charge >= 0.3 is 5.97 Å². The van der Waals surface area contributed by atoms with Crippen LogP contribution in [0.1, 0.15) is 22.5 Å². The predicted molar refractivity (Wildman–Crippen MR) is 53.1 cm³/mol. The molecule has 0 aliphatic heterocycles. The summed E-state index contributed by atoms with van der Waals surface area (Å²) >= 11 is 0. The van der Waals surface area contributed by atoms with Crippen molar-refractivity contribution in [2.45, 2.75) is 6.42 Å². The van der Waals surface area contributed by atoms with Gasteiger partial charge in [-0.15, -0.1) is 0 Å². The summed E-state index contributed by atoms with van der Waals surface area (Å²) in [6.07, 6.45) is 2.33. The van der Waals surface area contributed by atoms with E-state index >= 15 is 0 Å². The highest BCUT2D eigenvalue weighted by Crippen LogP contribution is 2.02. The van der Waals surface area contributed by atoms with E-state index in [1.807, 2.05) is 0 Å². The van der Waals surface area contributed by atoms with Crippen LogP contribution >= 0.6 is 0 Å². The van der Waals surface area contributed by atoms with E-state index in [-0.39, 0.29) is 6.42 Å². The fourth-order valence-electron chi connectivity index (χ4n) is 0.927. The number of hydrogen-bond donors (Lipinski definition) is 0. The highest BCUT2D eigenvalue weighted by atomic mass is 16.5. The van der Waals surface area contributed by atoms with Crippen LogP contribution in [0, 0.1) is 11.8 Å². The molecule has 4 heteroatoms. The van der Waals surface area contributed by atoms with Crippen LogP contribution in [0.4, 0.5) is 0 Å². The Morgan fingerprint density at radius 2 is 2.47 bits per heavy atom. The van der Waals surface area contributed by atoms with Crippen LogP contribution in [-0.2, 0) is 9.53 Å². The molecule has 1 rings (SSSR count). The van der Waals surface area contributed by atoms with Crippen LogP contribution in [0.5, 0.6) is 0 Å². The molecule has 15 heavy (non-hydrogen) atoms. The summed E-state index contributed by atoms with van der Waals surface area (Å²) in [5.74, 6) is 4.83. The first-order chi connectivity index (χ1) is 7.27. The van der Waals surface area contributed by atoms with Crippen molar-refractivity contribution >= 4 is 12.3 Å². The number of methoxy groups -OCH3 is 1. The van der Waals surface area contributed by atoms with Gasteiger partial charge in [0.15, 0.2) is 0 Å². The van der Waals surface area contributed by atoms with Gasteiger partial charge in [0.2, 0.25) is 0 Å². The minimum atomic E-state index is -0.434. The number of aromatic nitrogens is 1. The van der Waals surface area contributed by atoms with Crippen LogP contribution in [0.2, 0.25) is 0 Å². The maximum Gasteiger partial charge on any atom is 0.338 e. The Balaban J connectivity index is 2.89. The lowest BCUT2D eigenvalue weighted by atomic mass is 10.2. The van der Waals surface area contributed by atoms with Gasteiger partial charge in [0.25, 0.3) is 0 Å². The molecule has 0 bridgehead atoms. The quantitative estimate of drug-likeness (QED) is 0.405. The average molecular weight is 203 g/mol. The Kier molecular flexibility index (Phi) is 4.05. The number of pyridine rings is 1. The highest BCUT2D eigenvalue weighted by Gasteiger charge is 2.04. The van der Waals surface area contributed by atoms with Gasteiger partial charge in [0, 0.05) is 6.20 Å².